The third-order valence-electron chi connectivity index (χ3n) is 3.40. The number of aromatic nitrogens is 1. The lowest BCUT2D eigenvalue weighted by atomic mass is 10.1. The number of nitrogens with one attached hydrogen (secondary N) is 1. The molecule has 0 aliphatic heterocycles. The Bertz CT molecular complexity index is 788. The lowest BCUT2D eigenvalue weighted by molar-refractivity contribution is 0.0988. The number of nitrogens with zero attached hydrogens (tertiary/aromatic N) is 1. The van der Waals surface area contributed by atoms with Crippen molar-refractivity contribution in [2.24, 2.45) is 0 Å². The highest BCUT2D eigenvalue weighted by Gasteiger charge is 2.08. The van der Waals surface area contributed by atoms with Gasteiger partial charge in [0.1, 0.15) is 5.52 Å². The van der Waals surface area contributed by atoms with Crippen molar-refractivity contribution in [1.82, 2.24) is 4.98 Å². The number of benzene rings is 2. The van der Waals surface area contributed by atoms with E-state index in [1.54, 1.807) is 0 Å². The third kappa shape index (κ3) is 2.65. The van der Waals surface area contributed by atoms with Crippen molar-refractivity contribution in [3.63, 3.8) is 0 Å². The highest BCUT2D eigenvalue weighted by atomic mass is 16.4. The van der Waals surface area contributed by atoms with E-state index in [4.69, 9.17) is 4.42 Å². The molecule has 0 radical (unpaired) electrons. The molecule has 0 saturated carbocycles. The van der Waals surface area contributed by atoms with Crippen LogP contribution in [0.2, 0.25) is 0 Å². The SMILES string of the molecule is CCC(=O)c1ccc(Nc2nc3c(C)cccc3o2)cc1. The summed E-state index contributed by atoms with van der Waals surface area (Å²) < 4.78 is 5.66. The Morgan fingerprint density at radius 1 is 1.19 bits per heavy atom. The number of para-hydroxylation sites is 1. The smallest absolute Gasteiger partial charge is 0.300 e. The number of carbonyl (C=O) groups is 1. The molecular formula is C17H16N2O2. The molecule has 106 valence electrons. The van der Waals surface area contributed by atoms with Gasteiger partial charge < -0.3 is 9.73 Å². The molecule has 0 atom stereocenters. The number of anilines is 2. The first-order chi connectivity index (χ1) is 10.2. The first kappa shape index (κ1) is 13.4. The van der Waals surface area contributed by atoms with E-state index >= 15 is 0 Å². The van der Waals surface area contributed by atoms with Gasteiger partial charge in [-0.25, -0.2) is 0 Å². The summed E-state index contributed by atoms with van der Waals surface area (Å²) in [6, 6.07) is 13.6. The van der Waals surface area contributed by atoms with Gasteiger partial charge in [-0.15, -0.1) is 0 Å². The van der Waals surface area contributed by atoms with Crippen molar-refractivity contribution in [3.05, 3.63) is 53.6 Å². The molecule has 1 heterocycles. The lowest BCUT2D eigenvalue weighted by Gasteiger charge is -2.02. The largest absolute Gasteiger partial charge is 0.423 e. The van der Waals surface area contributed by atoms with Crippen LogP contribution in [0, 0.1) is 6.92 Å². The predicted molar refractivity (Wildman–Crippen MR) is 83.1 cm³/mol. The van der Waals surface area contributed by atoms with Crippen LogP contribution in [0.4, 0.5) is 11.7 Å². The zero-order valence-corrected chi connectivity index (χ0v) is 12.0. The van der Waals surface area contributed by atoms with Gasteiger partial charge in [0.15, 0.2) is 11.4 Å². The number of Topliss-reactive ketones (excluding diaryl/α,β-unsaturated/α-hetero) is 1. The number of rotatable bonds is 4. The Kier molecular flexibility index (Phi) is 3.44. The van der Waals surface area contributed by atoms with Gasteiger partial charge in [0.2, 0.25) is 0 Å². The molecule has 0 aliphatic carbocycles. The molecule has 3 rings (SSSR count). The van der Waals surface area contributed by atoms with Crippen molar-refractivity contribution in [2.75, 3.05) is 5.32 Å². The molecule has 0 fully saturated rings. The topological polar surface area (TPSA) is 55.1 Å². The molecule has 3 aromatic rings. The Hall–Kier alpha value is -2.62. The monoisotopic (exact) mass is 280 g/mol. The van der Waals surface area contributed by atoms with E-state index < -0.39 is 0 Å². The fraction of sp³-hybridized carbons (Fsp3) is 0.176. The van der Waals surface area contributed by atoms with Gasteiger partial charge in [-0.3, -0.25) is 4.79 Å². The van der Waals surface area contributed by atoms with Crippen LogP contribution < -0.4 is 5.32 Å². The summed E-state index contributed by atoms with van der Waals surface area (Å²) in [7, 11) is 0. The maximum atomic E-state index is 11.6. The maximum absolute atomic E-state index is 11.6. The van der Waals surface area contributed by atoms with E-state index in [-0.39, 0.29) is 5.78 Å². The second-order valence-electron chi connectivity index (χ2n) is 4.92. The fourth-order valence-corrected chi connectivity index (χ4v) is 2.21. The van der Waals surface area contributed by atoms with Gasteiger partial charge in [-0.1, -0.05) is 19.1 Å². The molecule has 0 amide bonds. The molecule has 4 heteroatoms. The van der Waals surface area contributed by atoms with E-state index in [0.717, 1.165) is 27.9 Å². The molecular weight excluding hydrogens is 264 g/mol. The van der Waals surface area contributed by atoms with Gasteiger partial charge >= 0.3 is 0 Å². The standard InChI is InChI=1S/C17H16N2O2/c1-3-14(20)12-7-9-13(10-8-12)18-17-19-16-11(2)5-4-6-15(16)21-17/h4-10H,3H2,1-2H3,(H,18,19). The second-order valence-corrected chi connectivity index (χ2v) is 4.92. The molecule has 0 bridgehead atoms. The average molecular weight is 280 g/mol. The highest BCUT2D eigenvalue weighted by Crippen LogP contribution is 2.24. The van der Waals surface area contributed by atoms with Crippen LogP contribution in [0.5, 0.6) is 0 Å². The minimum Gasteiger partial charge on any atom is -0.423 e. The number of ketones is 1. The number of aryl methyl sites for hydroxylation is 1. The molecule has 1 N–H and O–H groups in total. The fourth-order valence-electron chi connectivity index (χ4n) is 2.21. The molecule has 0 saturated heterocycles. The summed E-state index contributed by atoms with van der Waals surface area (Å²) in [4.78, 5) is 16.0. The van der Waals surface area contributed by atoms with Crippen LogP contribution in [-0.2, 0) is 0 Å². The Morgan fingerprint density at radius 3 is 2.62 bits per heavy atom. The van der Waals surface area contributed by atoms with Gasteiger partial charge in [0.25, 0.3) is 6.01 Å². The summed E-state index contributed by atoms with van der Waals surface area (Å²) in [5.74, 6) is 0.138. The third-order valence-corrected chi connectivity index (χ3v) is 3.40. The van der Waals surface area contributed by atoms with Crippen molar-refractivity contribution >= 4 is 28.6 Å². The molecule has 4 nitrogen and oxygen atoms in total. The van der Waals surface area contributed by atoms with E-state index in [9.17, 15) is 4.79 Å². The van der Waals surface area contributed by atoms with Crippen molar-refractivity contribution in [3.8, 4) is 0 Å². The van der Waals surface area contributed by atoms with Gasteiger partial charge in [0.05, 0.1) is 0 Å². The van der Waals surface area contributed by atoms with Gasteiger partial charge in [0, 0.05) is 17.7 Å². The van der Waals surface area contributed by atoms with E-state index in [2.05, 4.69) is 10.3 Å². The van der Waals surface area contributed by atoms with E-state index in [0.29, 0.717) is 12.4 Å². The average Bonchev–Trinajstić information content (AvgIpc) is 2.91. The first-order valence-electron chi connectivity index (χ1n) is 6.94. The van der Waals surface area contributed by atoms with Crippen LogP contribution >= 0.6 is 0 Å². The number of fused-ring (bicyclic) bond motifs is 1. The van der Waals surface area contributed by atoms with E-state index in [1.807, 2.05) is 56.3 Å². The predicted octanol–water partition coefficient (Wildman–Crippen LogP) is 4.47. The number of hydrogen-bond acceptors (Lipinski definition) is 4. The first-order valence-corrected chi connectivity index (χ1v) is 6.94. The summed E-state index contributed by atoms with van der Waals surface area (Å²) in [6.07, 6.45) is 0.511. The van der Waals surface area contributed by atoms with E-state index in [1.165, 1.54) is 0 Å². The molecule has 0 spiro atoms. The van der Waals surface area contributed by atoms with Gasteiger partial charge in [-0.05, 0) is 42.8 Å². The van der Waals surface area contributed by atoms with Crippen molar-refractivity contribution < 1.29 is 9.21 Å². The molecule has 2 aromatic carbocycles. The normalized spacial score (nSPS) is 10.8. The minimum absolute atomic E-state index is 0.138. The zero-order chi connectivity index (χ0) is 14.8. The Labute approximate surface area is 122 Å². The highest BCUT2D eigenvalue weighted by molar-refractivity contribution is 5.96. The Balaban J connectivity index is 1.85. The lowest BCUT2D eigenvalue weighted by Crippen LogP contribution is -1.97. The van der Waals surface area contributed by atoms with Crippen LogP contribution in [0.3, 0.4) is 0 Å². The minimum atomic E-state index is 0.138. The number of carbonyl (C=O) groups excluding carboxylic acids is 1. The quantitative estimate of drug-likeness (QED) is 0.716. The molecule has 1 aromatic heterocycles. The van der Waals surface area contributed by atoms with Crippen LogP contribution in [0.15, 0.2) is 46.9 Å². The zero-order valence-electron chi connectivity index (χ0n) is 12.0. The van der Waals surface area contributed by atoms with Crippen LogP contribution in [-0.4, -0.2) is 10.8 Å². The molecule has 0 unspecified atom stereocenters. The van der Waals surface area contributed by atoms with Crippen LogP contribution in [0.1, 0.15) is 29.3 Å². The summed E-state index contributed by atoms with van der Waals surface area (Å²) in [5, 5.41) is 3.12. The second kappa shape index (κ2) is 5.40. The number of hydrogen-bond donors (Lipinski definition) is 1. The van der Waals surface area contributed by atoms with Gasteiger partial charge in [-0.2, -0.15) is 4.98 Å². The molecule has 0 aliphatic rings. The summed E-state index contributed by atoms with van der Waals surface area (Å²) >= 11 is 0. The summed E-state index contributed by atoms with van der Waals surface area (Å²) in [5.41, 5.74) is 4.25. The van der Waals surface area contributed by atoms with Crippen molar-refractivity contribution in [2.45, 2.75) is 20.3 Å². The van der Waals surface area contributed by atoms with Crippen molar-refractivity contribution in [1.29, 1.82) is 0 Å². The Morgan fingerprint density at radius 2 is 1.95 bits per heavy atom. The molecule has 21 heavy (non-hydrogen) atoms. The number of oxazole rings is 1. The maximum Gasteiger partial charge on any atom is 0.300 e. The van der Waals surface area contributed by atoms with Crippen LogP contribution in [0.25, 0.3) is 11.1 Å². The summed E-state index contributed by atoms with van der Waals surface area (Å²) in [6.45, 7) is 3.86.